The highest BCUT2D eigenvalue weighted by Crippen LogP contribution is 2.29. The third kappa shape index (κ3) is 3.15. The summed E-state index contributed by atoms with van der Waals surface area (Å²) in [5.41, 5.74) is 6.86. The monoisotopic (exact) mass is 264 g/mol. The van der Waals surface area contributed by atoms with Gasteiger partial charge in [-0.15, -0.1) is 0 Å². The summed E-state index contributed by atoms with van der Waals surface area (Å²) in [4.78, 5) is 8.89. The van der Waals surface area contributed by atoms with Crippen molar-refractivity contribution in [3.63, 3.8) is 0 Å². The van der Waals surface area contributed by atoms with Crippen molar-refractivity contribution in [3.8, 4) is 0 Å². The highest BCUT2D eigenvalue weighted by atomic mass is 16.3. The Balaban J connectivity index is 2.18. The number of hydrogen-bond donors (Lipinski definition) is 3. The second kappa shape index (κ2) is 6.19. The van der Waals surface area contributed by atoms with Crippen molar-refractivity contribution in [2.45, 2.75) is 52.0 Å². The van der Waals surface area contributed by atoms with E-state index in [0.29, 0.717) is 17.8 Å². The molecule has 0 bridgehead atoms. The molecule has 1 aromatic heterocycles. The Bertz CT molecular complexity index is 436. The van der Waals surface area contributed by atoms with Crippen molar-refractivity contribution in [1.29, 1.82) is 0 Å². The fourth-order valence-corrected chi connectivity index (χ4v) is 2.68. The summed E-state index contributed by atoms with van der Waals surface area (Å²) >= 11 is 0. The topological polar surface area (TPSA) is 84.1 Å². The molecule has 1 fully saturated rings. The SMILES string of the molecule is CCCc1nc(N)c(C)c(NC2CCCC2CO)n1. The summed E-state index contributed by atoms with van der Waals surface area (Å²) in [5.74, 6) is 2.51. The molecule has 0 radical (unpaired) electrons. The van der Waals surface area contributed by atoms with Crippen LogP contribution in [0.2, 0.25) is 0 Å². The third-order valence-corrected chi connectivity index (χ3v) is 3.92. The molecule has 0 aromatic carbocycles. The molecule has 0 amide bonds. The average Bonchev–Trinajstić information content (AvgIpc) is 2.83. The molecule has 1 aromatic rings. The van der Waals surface area contributed by atoms with Crippen LogP contribution in [0.5, 0.6) is 0 Å². The number of aliphatic hydroxyl groups is 1. The van der Waals surface area contributed by atoms with Crippen LogP contribution in [-0.4, -0.2) is 27.7 Å². The van der Waals surface area contributed by atoms with E-state index in [1.165, 1.54) is 0 Å². The lowest BCUT2D eigenvalue weighted by Crippen LogP contribution is -2.27. The number of aromatic nitrogens is 2. The number of hydrogen-bond acceptors (Lipinski definition) is 5. The first-order chi connectivity index (χ1) is 9.15. The van der Waals surface area contributed by atoms with Crippen LogP contribution in [0, 0.1) is 12.8 Å². The Labute approximate surface area is 114 Å². The van der Waals surface area contributed by atoms with E-state index in [2.05, 4.69) is 22.2 Å². The Kier molecular flexibility index (Phi) is 4.58. The first kappa shape index (κ1) is 14.1. The Hall–Kier alpha value is -1.36. The van der Waals surface area contributed by atoms with Crippen molar-refractivity contribution in [1.82, 2.24) is 9.97 Å². The smallest absolute Gasteiger partial charge is 0.134 e. The maximum absolute atomic E-state index is 9.38. The maximum atomic E-state index is 9.38. The summed E-state index contributed by atoms with van der Waals surface area (Å²) in [6.45, 7) is 4.28. The standard InChI is InChI=1S/C14H24N4O/c1-3-5-12-17-13(15)9(2)14(18-12)16-11-7-4-6-10(11)8-19/h10-11,19H,3-8H2,1-2H3,(H3,15,16,17,18). The van der Waals surface area contributed by atoms with Gasteiger partial charge < -0.3 is 16.2 Å². The third-order valence-electron chi connectivity index (χ3n) is 3.92. The van der Waals surface area contributed by atoms with Gasteiger partial charge >= 0.3 is 0 Å². The molecule has 4 N–H and O–H groups in total. The number of nitrogens with zero attached hydrogens (tertiary/aromatic N) is 2. The Morgan fingerprint density at radius 1 is 1.37 bits per heavy atom. The largest absolute Gasteiger partial charge is 0.396 e. The van der Waals surface area contributed by atoms with Crippen LogP contribution in [0.25, 0.3) is 0 Å². The molecule has 1 saturated carbocycles. The van der Waals surface area contributed by atoms with Gasteiger partial charge in [0.25, 0.3) is 0 Å². The van der Waals surface area contributed by atoms with Gasteiger partial charge in [-0.3, -0.25) is 0 Å². The van der Waals surface area contributed by atoms with Crippen LogP contribution >= 0.6 is 0 Å². The Morgan fingerprint density at radius 2 is 2.16 bits per heavy atom. The van der Waals surface area contributed by atoms with E-state index in [1.54, 1.807) is 0 Å². The number of anilines is 2. The zero-order valence-electron chi connectivity index (χ0n) is 11.8. The van der Waals surface area contributed by atoms with E-state index in [4.69, 9.17) is 5.73 Å². The van der Waals surface area contributed by atoms with Gasteiger partial charge in [0.1, 0.15) is 17.5 Å². The summed E-state index contributed by atoms with van der Waals surface area (Å²) in [6, 6.07) is 0.299. The summed E-state index contributed by atoms with van der Waals surface area (Å²) < 4.78 is 0. The highest BCUT2D eigenvalue weighted by molar-refractivity contribution is 5.55. The van der Waals surface area contributed by atoms with Gasteiger partial charge in [0, 0.05) is 30.6 Å². The predicted octanol–water partition coefficient (Wildman–Crippen LogP) is 1.89. The normalized spacial score (nSPS) is 22.7. The van der Waals surface area contributed by atoms with E-state index in [-0.39, 0.29) is 6.61 Å². The molecule has 2 atom stereocenters. The number of rotatable bonds is 5. The van der Waals surface area contributed by atoms with Gasteiger partial charge in [0.05, 0.1) is 0 Å². The fourth-order valence-electron chi connectivity index (χ4n) is 2.68. The first-order valence-corrected chi connectivity index (χ1v) is 7.16. The van der Waals surface area contributed by atoms with E-state index in [9.17, 15) is 5.11 Å². The molecular weight excluding hydrogens is 240 g/mol. The van der Waals surface area contributed by atoms with E-state index in [1.807, 2.05) is 6.92 Å². The molecule has 1 heterocycles. The lowest BCUT2D eigenvalue weighted by molar-refractivity contribution is 0.222. The van der Waals surface area contributed by atoms with Gasteiger partial charge in [-0.25, -0.2) is 9.97 Å². The minimum absolute atomic E-state index is 0.235. The Morgan fingerprint density at radius 3 is 2.84 bits per heavy atom. The minimum atomic E-state index is 0.235. The molecule has 0 saturated heterocycles. The maximum Gasteiger partial charge on any atom is 0.134 e. The zero-order valence-corrected chi connectivity index (χ0v) is 11.8. The van der Waals surface area contributed by atoms with Crippen molar-refractivity contribution in [2.24, 2.45) is 5.92 Å². The molecule has 5 heteroatoms. The molecule has 106 valence electrons. The number of aryl methyl sites for hydroxylation is 1. The molecule has 19 heavy (non-hydrogen) atoms. The molecule has 1 aliphatic carbocycles. The van der Waals surface area contributed by atoms with Crippen LogP contribution in [0.15, 0.2) is 0 Å². The quantitative estimate of drug-likeness (QED) is 0.756. The lowest BCUT2D eigenvalue weighted by atomic mass is 10.0. The van der Waals surface area contributed by atoms with Crippen LogP contribution in [0.1, 0.15) is 44.0 Å². The summed E-state index contributed by atoms with van der Waals surface area (Å²) in [6.07, 6.45) is 5.16. The molecule has 5 nitrogen and oxygen atoms in total. The van der Waals surface area contributed by atoms with Crippen LogP contribution < -0.4 is 11.1 Å². The van der Waals surface area contributed by atoms with Crippen molar-refractivity contribution >= 4 is 11.6 Å². The number of nitrogen functional groups attached to an aromatic ring is 1. The summed E-state index contributed by atoms with van der Waals surface area (Å²) in [7, 11) is 0. The molecule has 2 rings (SSSR count). The molecule has 2 unspecified atom stereocenters. The number of nitrogens with two attached hydrogens (primary N) is 1. The average molecular weight is 264 g/mol. The van der Waals surface area contributed by atoms with E-state index >= 15 is 0 Å². The highest BCUT2D eigenvalue weighted by Gasteiger charge is 2.27. The number of aliphatic hydroxyl groups excluding tert-OH is 1. The van der Waals surface area contributed by atoms with Crippen molar-refractivity contribution in [3.05, 3.63) is 11.4 Å². The summed E-state index contributed by atoms with van der Waals surface area (Å²) in [5, 5.41) is 12.8. The molecule has 0 spiro atoms. The van der Waals surface area contributed by atoms with Crippen molar-refractivity contribution < 1.29 is 5.11 Å². The van der Waals surface area contributed by atoms with Gasteiger partial charge in [-0.2, -0.15) is 0 Å². The van der Waals surface area contributed by atoms with Crippen molar-refractivity contribution in [2.75, 3.05) is 17.7 Å². The number of nitrogens with one attached hydrogen (secondary N) is 1. The lowest BCUT2D eigenvalue weighted by Gasteiger charge is -2.21. The van der Waals surface area contributed by atoms with Crippen LogP contribution in [0.4, 0.5) is 11.6 Å². The zero-order chi connectivity index (χ0) is 13.8. The fraction of sp³-hybridized carbons (Fsp3) is 0.714. The molecular formula is C14H24N4O. The first-order valence-electron chi connectivity index (χ1n) is 7.16. The van der Waals surface area contributed by atoms with Crippen LogP contribution in [0.3, 0.4) is 0 Å². The van der Waals surface area contributed by atoms with Gasteiger partial charge in [0.2, 0.25) is 0 Å². The second-order valence-electron chi connectivity index (χ2n) is 5.37. The predicted molar refractivity (Wildman–Crippen MR) is 77.0 cm³/mol. The van der Waals surface area contributed by atoms with E-state index in [0.717, 1.165) is 49.3 Å². The van der Waals surface area contributed by atoms with E-state index < -0.39 is 0 Å². The minimum Gasteiger partial charge on any atom is -0.396 e. The van der Waals surface area contributed by atoms with Gasteiger partial charge in [-0.05, 0) is 26.2 Å². The van der Waals surface area contributed by atoms with Gasteiger partial charge in [0.15, 0.2) is 0 Å². The van der Waals surface area contributed by atoms with Gasteiger partial charge in [-0.1, -0.05) is 13.3 Å². The second-order valence-corrected chi connectivity index (χ2v) is 5.37. The van der Waals surface area contributed by atoms with Crippen LogP contribution in [-0.2, 0) is 6.42 Å². The molecule has 1 aliphatic rings. The molecule has 0 aliphatic heterocycles.